The zero-order valence-electron chi connectivity index (χ0n) is 9.55. The molecule has 0 unspecified atom stereocenters. The number of fused-ring (bicyclic) bond motifs is 1. The van der Waals surface area contributed by atoms with Crippen LogP contribution in [0.1, 0.15) is 5.56 Å². The van der Waals surface area contributed by atoms with Gasteiger partial charge in [0.1, 0.15) is 5.71 Å². The molecule has 1 heterocycles. The van der Waals surface area contributed by atoms with E-state index in [0.29, 0.717) is 17.1 Å². The number of amides is 1. The molecule has 1 aliphatic heterocycles. The second-order valence-electron chi connectivity index (χ2n) is 4.06. The third kappa shape index (κ3) is 1.73. The van der Waals surface area contributed by atoms with Crippen molar-refractivity contribution >= 4 is 28.7 Å². The number of nitrogens with two attached hydrogens (primary N) is 1. The van der Waals surface area contributed by atoms with Crippen LogP contribution in [0.2, 0.25) is 0 Å². The molecule has 2 aromatic carbocycles. The highest BCUT2D eigenvalue weighted by molar-refractivity contribution is 6.54. The molecule has 0 fully saturated rings. The minimum absolute atomic E-state index is 0.182. The Balaban J connectivity index is 2.10. The summed E-state index contributed by atoms with van der Waals surface area (Å²) in [6, 6.07) is 14.6. The molecule has 0 radical (unpaired) electrons. The van der Waals surface area contributed by atoms with Gasteiger partial charge in [0.2, 0.25) is 0 Å². The first-order valence-electron chi connectivity index (χ1n) is 5.59. The Morgan fingerprint density at radius 1 is 1.06 bits per heavy atom. The SMILES string of the molecule is Nc1cccc(N=C2C(=O)Nc3ccccc32)c1. The monoisotopic (exact) mass is 237 g/mol. The van der Waals surface area contributed by atoms with Crippen molar-refractivity contribution in [2.45, 2.75) is 0 Å². The van der Waals surface area contributed by atoms with Crippen LogP contribution in [-0.2, 0) is 4.79 Å². The Morgan fingerprint density at radius 3 is 2.72 bits per heavy atom. The number of nitrogens with one attached hydrogen (secondary N) is 1. The van der Waals surface area contributed by atoms with Crippen LogP contribution in [0.3, 0.4) is 0 Å². The number of para-hydroxylation sites is 1. The lowest BCUT2D eigenvalue weighted by Gasteiger charge is -1.98. The zero-order valence-corrected chi connectivity index (χ0v) is 9.55. The summed E-state index contributed by atoms with van der Waals surface area (Å²) in [5.41, 5.74) is 9.05. The van der Waals surface area contributed by atoms with Gasteiger partial charge < -0.3 is 11.1 Å². The molecule has 0 saturated heterocycles. The van der Waals surface area contributed by atoms with Gasteiger partial charge in [-0.05, 0) is 24.3 Å². The van der Waals surface area contributed by atoms with Crippen LogP contribution in [0.4, 0.5) is 17.1 Å². The second kappa shape index (κ2) is 4.00. The lowest BCUT2D eigenvalue weighted by atomic mass is 10.1. The molecule has 0 bridgehead atoms. The number of hydrogen-bond acceptors (Lipinski definition) is 3. The van der Waals surface area contributed by atoms with Gasteiger partial charge in [-0.25, -0.2) is 4.99 Å². The van der Waals surface area contributed by atoms with Crippen molar-refractivity contribution in [2.24, 2.45) is 4.99 Å². The summed E-state index contributed by atoms with van der Waals surface area (Å²) in [4.78, 5) is 16.2. The third-order valence-electron chi connectivity index (χ3n) is 2.76. The summed E-state index contributed by atoms with van der Waals surface area (Å²) >= 11 is 0. The van der Waals surface area contributed by atoms with Crippen molar-refractivity contribution in [1.82, 2.24) is 0 Å². The van der Waals surface area contributed by atoms with Gasteiger partial charge in [0.05, 0.1) is 11.4 Å². The van der Waals surface area contributed by atoms with E-state index in [1.807, 2.05) is 36.4 Å². The predicted octanol–water partition coefficient (Wildman–Crippen LogP) is 2.34. The number of anilines is 2. The Hall–Kier alpha value is -2.62. The average molecular weight is 237 g/mol. The number of rotatable bonds is 1. The standard InChI is InChI=1S/C14H11N3O/c15-9-4-3-5-10(8-9)16-13-11-6-1-2-7-12(11)17-14(13)18/h1-8H,15H2,(H,16,17,18). The van der Waals surface area contributed by atoms with E-state index in [-0.39, 0.29) is 5.91 Å². The van der Waals surface area contributed by atoms with Gasteiger partial charge in [0.25, 0.3) is 5.91 Å². The largest absolute Gasteiger partial charge is 0.399 e. The molecule has 88 valence electrons. The number of aliphatic imine (C=N–C) groups is 1. The van der Waals surface area contributed by atoms with Crippen molar-refractivity contribution in [2.75, 3.05) is 11.1 Å². The van der Waals surface area contributed by atoms with Gasteiger partial charge >= 0.3 is 0 Å². The average Bonchev–Trinajstić information content (AvgIpc) is 2.66. The molecule has 4 nitrogen and oxygen atoms in total. The smallest absolute Gasteiger partial charge is 0.275 e. The third-order valence-corrected chi connectivity index (χ3v) is 2.76. The molecule has 4 heteroatoms. The Bertz CT molecular complexity index is 662. The van der Waals surface area contributed by atoms with Crippen molar-refractivity contribution in [3.63, 3.8) is 0 Å². The molecule has 2 aromatic rings. The number of nitrogen functional groups attached to an aromatic ring is 1. The van der Waals surface area contributed by atoms with Gasteiger partial charge in [-0.1, -0.05) is 24.3 Å². The first-order valence-corrected chi connectivity index (χ1v) is 5.59. The molecule has 0 spiro atoms. The summed E-state index contributed by atoms with van der Waals surface area (Å²) in [6.45, 7) is 0. The van der Waals surface area contributed by atoms with Crippen LogP contribution in [0.15, 0.2) is 53.5 Å². The lowest BCUT2D eigenvalue weighted by molar-refractivity contribution is -0.110. The van der Waals surface area contributed by atoms with Gasteiger partial charge in [0.15, 0.2) is 0 Å². The predicted molar refractivity (Wildman–Crippen MR) is 72.1 cm³/mol. The first-order chi connectivity index (χ1) is 8.74. The second-order valence-corrected chi connectivity index (χ2v) is 4.06. The normalized spacial score (nSPS) is 15.6. The van der Waals surface area contributed by atoms with Crippen LogP contribution in [0.25, 0.3) is 0 Å². The highest BCUT2D eigenvalue weighted by Gasteiger charge is 2.25. The minimum Gasteiger partial charge on any atom is -0.399 e. The molecular weight excluding hydrogens is 226 g/mol. The van der Waals surface area contributed by atoms with E-state index in [1.54, 1.807) is 12.1 Å². The molecule has 0 aliphatic carbocycles. The molecule has 0 atom stereocenters. The van der Waals surface area contributed by atoms with E-state index in [1.165, 1.54) is 0 Å². The maximum Gasteiger partial charge on any atom is 0.275 e. The van der Waals surface area contributed by atoms with Gasteiger partial charge in [-0.2, -0.15) is 0 Å². The summed E-state index contributed by atoms with van der Waals surface area (Å²) in [5.74, 6) is -0.182. The Morgan fingerprint density at radius 2 is 1.89 bits per heavy atom. The van der Waals surface area contributed by atoms with Crippen LogP contribution >= 0.6 is 0 Å². The fourth-order valence-electron chi connectivity index (χ4n) is 1.94. The minimum atomic E-state index is -0.182. The molecular formula is C14H11N3O. The topological polar surface area (TPSA) is 67.5 Å². The van der Waals surface area contributed by atoms with Crippen LogP contribution in [-0.4, -0.2) is 11.6 Å². The molecule has 18 heavy (non-hydrogen) atoms. The van der Waals surface area contributed by atoms with E-state index >= 15 is 0 Å². The van der Waals surface area contributed by atoms with Crippen molar-refractivity contribution < 1.29 is 4.79 Å². The maximum absolute atomic E-state index is 11.8. The molecule has 3 rings (SSSR count). The quantitative estimate of drug-likeness (QED) is 0.747. The van der Waals surface area contributed by atoms with Crippen molar-refractivity contribution in [3.8, 4) is 0 Å². The molecule has 0 saturated carbocycles. The molecule has 0 aromatic heterocycles. The summed E-state index contributed by atoms with van der Waals surface area (Å²) in [5, 5.41) is 2.78. The summed E-state index contributed by atoms with van der Waals surface area (Å²) in [6.07, 6.45) is 0. The number of nitrogens with zero attached hydrogens (tertiary/aromatic N) is 1. The van der Waals surface area contributed by atoms with Crippen LogP contribution < -0.4 is 11.1 Å². The van der Waals surface area contributed by atoms with E-state index in [2.05, 4.69) is 10.3 Å². The van der Waals surface area contributed by atoms with Crippen LogP contribution in [0, 0.1) is 0 Å². The molecule has 1 amide bonds. The van der Waals surface area contributed by atoms with Crippen molar-refractivity contribution in [3.05, 3.63) is 54.1 Å². The van der Waals surface area contributed by atoms with Crippen molar-refractivity contribution in [1.29, 1.82) is 0 Å². The van der Waals surface area contributed by atoms with Gasteiger partial charge in [-0.15, -0.1) is 0 Å². The number of carbonyl (C=O) groups excluding carboxylic acids is 1. The highest BCUT2D eigenvalue weighted by Crippen LogP contribution is 2.25. The maximum atomic E-state index is 11.8. The Kier molecular flexibility index (Phi) is 2.34. The lowest BCUT2D eigenvalue weighted by Crippen LogP contribution is -2.13. The molecule has 1 aliphatic rings. The Labute approximate surface area is 104 Å². The fraction of sp³-hybridized carbons (Fsp3) is 0. The van der Waals surface area contributed by atoms with Gasteiger partial charge in [0, 0.05) is 11.3 Å². The fourth-order valence-corrected chi connectivity index (χ4v) is 1.94. The summed E-state index contributed by atoms with van der Waals surface area (Å²) in [7, 11) is 0. The summed E-state index contributed by atoms with van der Waals surface area (Å²) < 4.78 is 0. The number of benzene rings is 2. The van der Waals surface area contributed by atoms with E-state index in [4.69, 9.17) is 5.73 Å². The van der Waals surface area contributed by atoms with E-state index < -0.39 is 0 Å². The first kappa shape index (κ1) is 10.5. The molecule has 3 N–H and O–H groups in total. The number of hydrogen-bond donors (Lipinski definition) is 2. The number of carbonyl (C=O) groups is 1. The van der Waals surface area contributed by atoms with E-state index in [0.717, 1.165) is 11.3 Å². The highest BCUT2D eigenvalue weighted by atomic mass is 16.2. The van der Waals surface area contributed by atoms with Gasteiger partial charge in [-0.3, -0.25) is 4.79 Å². The van der Waals surface area contributed by atoms with Crippen LogP contribution in [0.5, 0.6) is 0 Å². The zero-order chi connectivity index (χ0) is 12.5. The van der Waals surface area contributed by atoms with E-state index in [9.17, 15) is 4.79 Å².